The maximum atomic E-state index is 9.24. The predicted octanol–water partition coefficient (Wildman–Crippen LogP) is 1.92. The third kappa shape index (κ3) is 4.39. The van der Waals surface area contributed by atoms with E-state index in [0.717, 1.165) is 43.1 Å². The maximum Gasteiger partial charge on any atom is 0.225 e. The molecule has 2 aromatic rings. The van der Waals surface area contributed by atoms with Gasteiger partial charge >= 0.3 is 0 Å². The molecule has 1 fully saturated rings. The number of hydrogen-bond donors (Lipinski definition) is 3. The topological polar surface area (TPSA) is 92.2 Å². The zero-order valence-corrected chi connectivity index (χ0v) is 13.8. The quantitative estimate of drug-likeness (QED) is 0.714. The molecule has 24 heavy (non-hydrogen) atoms. The van der Waals surface area contributed by atoms with Crippen molar-refractivity contribution in [3.63, 3.8) is 0 Å². The fourth-order valence-corrected chi connectivity index (χ4v) is 2.55. The Labute approximate surface area is 141 Å². The Kier molecular flexibility index (Phi) is 5.55. The van der Waals surface area contributed by atoms with Crippen molar-refractivity contribution in [2.45, 2.75) is 31.9 Å². The van der Waals surface area contributed by atoms with Crippen molar-refractivity contribution in [3.05, 3.63) is 30.6 Å². The monoisotopic (exact) mass is 329 g/mol. The zero-order chi connectivity index (χ0) is 16.8. The van der Waals surface area contributed by atoms with Crippen LogP contribution in [0.3, 0.4) is 0 Å². The summed E-state index contributed by atoms with van der Waals surface area (Å²) in [6.07, 6.45) is 5.91. The first kappa shape index (κ1) is 16.6. The summed E-state index contributed by atoms with van der Waals surface area (Å²) < 4.78 is 5.64. The van der Waals surface area contributed by atoms with Crippen molar-refractivity contribution >= 4 is 11.8 Å². The number of anilines is 2. The standard InChI is InChI=1S/C17H23N5O2/c1-12(11-23)20-17-21-15(13-4-2-6-18-9-13)8-16(22-17)19-10-14-5-3-7-24-14/h2,4,6,8-9,12,14,23H,3,5,7,10-11H2,1H3,(H2,19,20,21,22)/t12-,14+/m1/s1. The summed E-state index contributed by atoms with van der Waals surface area (Å²) in [5, 5.41) is 15.7. The van der Waals surface area contributed by atoms with E-state index in [9.17, 15) is 5.11 Å². The number of aromatic nitrogens is 3. The van der Waals surface area contributed by atoms with Crippen LogP contribution in [0.5, 0.6) is 0 Å². The Morgan fingerprint density at radius 2 is 2.33 bits per heavy atom. The highest BCUT2D eigenvalue weighted by molar-refractivity contribution is 5.63. The van der Waals surface area contributed by atoms with Crippen LogP contribution < -0.4 is 10.6 Å². The van der Waals surface area contributed by atoms with E-state index in [-0.39, 0.29) is 18.8 Å². The number of aliphatic hydroxyl groups is 1. The van der Waals surface area contributed by atoms with Gasteiger partial charge in [0.2, 0.25) is 5.95 Å². The molecule has 3 heterocycles. The Balaban J connectivity index is 1.81. The van der Waals surface area contributed by atoms with E-state index in [2.05, 4.69) is 25.6 Å². The Morgan fingerprint density at radius 3 is 3.04 bits per heavy atom. The van der Waals surface area contributed by atoms with Gasteiger partial charge in [-0.25, -0.2) is 4.98 Å². The van der Waals surface area contributed by atoms with Crippen LogP contribution in [0.4, 0.5) is 11.8 Å². The van der Waals surface area contributed by atoms with Crippen molar-refractivity contribution < 1.29 is 9.84 Å². The molecule has 1 aliphatic rings. The van der Waals surface area contributed by atoms with E-state index in [1.807, 2.05) is 25.1 Å². The lowest BCUT2D eigenvalue weighted by atomic mass is 10.2. The smallest absolute Gasteiger partial charge is 0.225 e. The average molecular weight is 329 g/mol. The maximum absolute atomic E-state index is 9.24. The van der Waals surface area contributed by atoms with E-state index >= 15 is 0 Å². The van der Waals surface area contributed by atoms with E-state index in [0.29, 0.717) is 5.95 Å². The molecule has 128 valence electrons. The Morgan fingerprint density at radius 1 is 1.42 bits per heavy atom. The molecule has 3 N–H and O–H groups in total. The first-order chi connectivity index (χ1) is 11.7. The van der Waals surface area contributed by atoms with Crippen LogP contribution in [-0.4, -0.2) is 52.0 Å². The van der Waals surface area contributed by atoms with Gasteiger partial charge in [-0.2, -0.15) is 4.98 Å². The Hall–Kier alpha value is -2.25. The molecule has 0 saturated carbocycles. The molecule has 1 aliphatic heterocycles. The van der Waals surface area contributed by atoms with Crippen molar-refractivity contribution in [2.75, 3.05) is 30.4 Å². The summed E-state index contributed by atoms with van der Waals surface area (Å²) in [6.45, 7) is 3.44. The van der Waals surface area contributed by atoms with Crippen molar-refractivity contribution in [3.8, 4) is 11.3 Å². The summed E-state index contributed by atoms with van der Waals surface area (Å²) in [6, 6.07) is 5.61. The molecule has 1 saturated heterocycles. The van der Waals surface area contributed by atoms with Gasteiger partial charge in [-0.15, -0.1) is 0 Å². The molecule has 7 heteroatoms. The third-order valence-corrected chi connectivity index (χ3v) is 3.87. The number of nitrogens with zero attached hydrogens (tertiary/aromatic N) is 3. The molecule has 0 amide bonds. The van der Waals surface area contributed by atoms with E-state index in [4.69, 9.17) is 4.74 Å². The van der Waals surface area contributed by atoms with Gasteiger partial charge in [-0.3, -0.25) is 4.98 Å². The van der Waals surface area contributed by atoms with Gasteiger partial charge in [0.1, 0.15) is 5.82 Å². The highest BCUT2D eigenvalue weighted by Gasteiger charge is 2.16. The van der Waals surface area contributed by atoms with Crippen molar-refractivity contribution in [1.29, 1.82) is 0 Å². The van der Waals surface area contributed by atoms with Crippen molar-refractivity contribution in [1.82, 2.24) is 15.0 Å². The number of ether oxygens (including phenoxy) is 1. The van der Waals surface area contributed by atoms with Crippen LogP contribution in [0.25, 0.3) is 11.3 Å². The van der Waals surface area contributed by atoms with Crippen LogP contribution in [0.1, 0.15) is 19.8 Å². The second kappa shape index (κ2) is 8.03. The number of hydrogen-bond acceptors (Lipinski definition) is 7. The summed E-state index contributed by atoms with van der Waals surface area (Å²) in [4.78, 5) is 13.2. The molecule has 0 aliphatic carbocycles. The molecule has 2 aromatic heterocycles. The van der Waals surface area contributed by atoms with E-state index in [1.165, 1.54) is 0 Å². The highest BCUT2D eigenvalue weighted by Crippen LogP contribution is 2.21. The summed E-state index contributed by atoms with van der Waals surface area (Å²) in [5.74, 6) is 1.21. The number of pyridine rings is 1. The molecule has 2 atom stereocenters. The van der Waals surface area contributed by atoms with Gasteiger partial charge in [-0.1, -0.05) is 0 Å². The minimum absolute atomic E-state index is 0.0131. The van der Waals surface area contributed by atoms with Gasteiger partial charge in [0.25, 0.3) is 0 Å². The minimum Gasteiger partial charge on any atom is -0.394 e. The summed E-state index contributed by atoms with van der Waals surface area (Å²) in [7, 11) is 0. The van der Waals surface area contributed by atoms with Gasteiger partial charge in [0.05, 0.1) is 18.4 Å². The van der Waals surface area contributed by atoms with E-state index in [1.54, 1.807) is 12.4 Å². The van der Waals surface area contributed by atoms with Crippen LogP contribution >= 0.6 is 0 Å². The van der Waals surface area contributed by atoms with Gasteiger partial charge in [0, 0.05) is 43.2 Å². The number of rotatable bonds is 7. The Bertz CT molecular complexity index is 647. The molecule has 7 nitrogen and oxygen atoms in total. The lowest BCUT2D eigenvalue weighted by Crippen LogP contribution is -2.22. The SMILES string of the molecule is C[C@H](CO)Nc1nc(NC[C@@H]2CCCO2)cc(-c2cccnc2)n1. The molecule has 0 unspecified atom stereocenters. The lowest BCUT2D eigenvalue weighted by Gasteiger charge is -2.15. The normalized spacial score (nSPS) is 18.3. The molecular weight excluding hydrogens is 306 g/mol. The first-order valence-corrected chi connectivity index (χ1v) is 8.27. The van der Waals surface area contributed by atoms with Crippen molar-refractivity contribution in [2.24, 2.45) is 0 Å². The third-order valence-electron chi connectivity index (χ3n) is 3.87. The van der Waals surface area contributed by atoms with Crippen LogP contribution in [0.15, 0.2) is 30.6 Å². The molecular formula is C17H23N5O2. The fraction of sp³-hybridized carbons (Fsp3) is 0.471. The van der Waals surface area contributed by atoms with Crippen LogP contribution in [-0.2, 0) is 4.74 Å². The van der Waals surface area contributed by atoms with Crippen LogP contribution in [0, 0.1) is 0 Å². The summed E-state index contributed by atoms with van der Waals surface area (Å²) in [5.41, 5.74) is 1.69. The molecule has 0 spiro atoms. The predicted molar refractivity (Wildman–Crippen MR) is 92.9 cm³/mol. The lowest BCUT2D eigenvalue weighted by molar-refractivity contribution is 0.120. The number of nitrogens with one attached hydrogen (secondary N) is 2. The van der Waals surface area contributed by atoms with Gasteiger partial charge in [-0.05, 0) is 31.9 Å². The largest absolute Gasteiger partial charge is 0.394 e. The second-order valence-corrected chi connectivity index (χ2v) is 5.95. The molecule has 0 bridgehead atoms. The minimum atomic E-state index is -0.125. The fourth-order valence-electron chi connectivity index (χ4n) is 2.55. The van der Waals surface area contributed by atoms with E-state index < -0.39 is 0 Å². The zero-order valence-electron chi connectivity index (χ0n) is 13.8. The first-order valence-electron chi connectivity index (χ1n) is 8.27. The molecule has 0 aromatic carbocycles. The second-order valence-electron chi connectivity index (χ2n) is 5.95. The number of aliphatic hydroxyl groups excluding tert-OH is 1. The highest BCUT2D eigenvalue weighted by atomic mass is 16.5. The van der Waals surface area contributed by atoms with Crippen LogP contribution in [0.2, 0.25) is 0 Å². The average Bonchev–Trinajstić information content (AvgIpc) is 3.14. The molecule has 0 radical (unpaired) electrons. The van der Waals surface area contributed by atoms with Gasteiger partial charge in [0.15, 0.2) is 0 Å². The van der Waals surface area contributed by atoms with Gasteiger partial charge < -0.3 is 20.5 Å². The summed E-state index contributed by atoms with van der Waals surface area (Å²) >= 11 is 0. The molecule has 3 rings (SSSR count).